The fourth-order valence-electron chi connectivity index (χ4n) is 6.56. The number of hydrogen-bond acceptors (Lipinski definition) is 0. The third kappa shape index (κ3) is 4.95. The van der Waals surface area contributed by atoms with Crippen LogP contribution in [0.3, 0.4) is 0 Å². The summed E-state index contributed by atoms with van der Waals surface area (Å²) in [6, 6.07) is 50.3. The maximum atomic E-state index is 2.44. The predicted octanol–water partition coefficient (Wildman–Crippen LogP) is 7.16. The SMILES string of the molecule is CCC[Si]1(c2ccccc2)CCC(C[P+](c2ccccc2)(c2ccccc2)c2ccccc2)CC1. The van der Waals surface area contributed by atoms with Crippen LogP contribution >= 0.6 is 7.26 Å². The van der Waals surface area contributed by atoms with Crippen LogP contribution in [0.25, 0.3) is 0 Å². The topological polar surface area (TPSA) is 0 Å². The molecule has 0 nitrogen and oxygen atoms in total. The van der Waals surface area contributed by atoms with E-state index in [2.05, 4.69) is 128 Å². The molecular formula is C33H38PSi+. The van der Waals surface area contributed by atoms with E-state index in [1.54, 1.807) is 5.19 Å². The van der Waals surface area contributed by atoms with Crippen molar-refractivity contribution in [2.24, 2.45) is 5.92 Å². The summed E-state index contributed by atoms with van der Waals surface area (Å²) in [5.41, 5.74) is 0. The van der Waals surface area contributed by atoms with E-state index in [1.807, 2.05) is 0 Å². The molecule has 0 aliphatic carbocycles. The molecule has 1 heterocycles. The van der Waals surface area contributed by atoms with E-state index in [0.717, 1.165) is 5.92 Å². The minimum Gasteiger partial charge on any atom is -0.0656 e. The molecule has 4 aromatic carbocycles. The summed E-state index contributed by atoms with van der Waals surface area (Å²) in [7, 11) is -3.14. The van der Waals surface area contributed by atoms with E-state index in [4.69, 9.17) is 0 Å². The summed E-state index contributed by atoms with van der Waals surface area (Å²) >= 11 is 0. The van der Waals surface area contributed by atoms with Crippen molar-refractivity contribution in [2.45, 2.75) is 44.3 Å². The second kappa shape index (κ2) is 11.1. The maximum Gasteiger partial charge on any atom is 0.112 e. The van der Waals surface area contributed by atoms with Crippen molar-refractivity contribution in [2.75, 3.05) is 6.16 Å². The van der Waals surface area contributed by atoms with Gasteiger partial charge in [0.2, 0.25) is 0 Å². The molecule has 0 unspecified atom stereocenters. The van der Waals surface area contributed by atoms with Gasteiger partial charge in [-0.05, 0) is 55.2 Å². The van der Waals surface area contributed by atoms with Crippen LogP contribution in [0, 0.1) is 5.92 Å². The van der Waals surface area contributed by atoms with Crippen molar-refractivity contribution in [1.82, 2.24) is 0 Å². The van der Waals surface area contributed by atoms with Crippen molar-refractivity contribution < 1.29 is 0 Å². The van der Waals surface area contributed by atoms with Crippen LogP contribution in [-0.2, 0) is 0 Å². The molecule has 0 bridgehead atoms. The molecule has 1 fully saturated rings. The van der Waals surface area contributed by atoms with Crippen LogP contribution in [0.4, 0.5) is 0 Å². The summed E-state index contributed by atoms with van der Waals surface area (Å²) in [6.07, 6.45) is 5.38. The van der Waals surface area contributed by atoms with Gasteiger partial charge in [-0.1, -0.05) is 122 Å². The lowest BCUT2D eigenvalue weighted by molar-refractivity contribution is 0.518. The second-order valence-electron chi connectivity index (χ2n) is 10.3. The summed E-state index contributed by atoms with van der Waals surface area (Å²) in [4.78, 5) is 0. The highest BCUT2D eigenvalue weighted by atomic mass is 31.2. The van der Waals surface area contributed by atoms with Crippen molar-refractivity contribution in [3.8, 4) is 0 Å². The molecule has 35 heavy (non-hydrogen) atoms. The van der Waals surface area contributed by atoms with Gasteiger partial charge in [-0.25, -0.2) is 0 Å². The van der Waals surface area contributed by atoms with Gasteiger partial charge in [-0.3, -0.25) is 0 Å². The average molecular weight is 494 g/mol. The molecular weight excluding hydrogens is 455 g/mol. The first-order valence-electron chi connectivity index (χ1n) is 13.4. The molecule has 2 heteroatoms. The van der Waals surface area contributed by atoms with Gasteiger partial charge in [0.25, 0.3) is 0 Å². The van der Waals surface area contributed by atoms with Crippen LogP contribution < -0.4 is 21.1 Å². The Morgan fingerprint density at radius 3 is 1.40 bits per heavy atom. The molecule has 0 saturated carbocycles. The van der Waals surface area contributed by atoms with Crippen LogP contribution in [0.2, 0.25) is 18.1 Å². The van der Waals surface area contributed by atoms with E-state index >= 15 is 0 Å². The summed E-state index contributed by atoms with van der Waals surface area (Å²) in [5.74, 6) is 0.783. The number of rotatable bonds is 8. The van der Waals surface area contributed by atoms with Gasteiger partial charge in [-0.2, -0.15) is 0 Å². The molecule has 1 aliphatic rings. The predicted molar refractivity (Wildman–Crippen MR) is 159 cm³/mol. The normalized spacial score (nSPS) is 20.4. The zero-order chi connectivity index (χ0) is 24.0. The van der Waals surface area contributed by atoms with Crippen LogP contribution in [-0.4, -0.2) is 14.2 Å². The number of benzene rings is 4. The Morgan fingerprint density at radius 2 is 1.00 bits per heavy atom. The van der Waals surface area contributed by atoms with Crippen LogP contribution in [0.5, 0.6) is 0 Å². The molecule has 0 N–H and O–H groups in total. The van der Waals surface area contributed by atoms with E-state index in [0.29, 0.717) is 0 Å². The van der Waals surface area contributed by atoms with E-state index in [-0.39, 0.29) is 0 Å². The lowest BCUT2D eigenvalue weighted by Crippen LogP contribution is -2.50. The molecule has 178 valence electrons. The zero-order valence-corrected chi connectivity index (χ0v) is 22.9. The van der Waals surface area contributed by atoms with Crippen molar-refractivity contribution >= 4 is 36.4 Å². The van der Waals surface area contributed by atoms with Crippen LogP contribution in [0.1, 0.15) is 26.2 Å². The smallest absolute Gasteiger partial charge is 0.0656 e. The Kier molecular flexibility index (Phi) is 7.66. The largest absolute Gasteiger partial charge is 0.112 e. The van der Waals surface area contributed by atoms with Gasteiger partial charge in [0, 0.05) is 0 Å². The van der Waals surface area contributed by atoms with Gasteiger partial charge in [-0.15, -0.1) is 0 Å². The summed E-state index contributed by atoms with van der Waals surface area (Å²) in [5, 5.41) is 6.30. The monoisotopic (exact) mass is 493 g/mol. The van der Waals surface area contributed by atoms with Gasteiger partial charge in [0.05, 0.1) is 14.2 Å². The second-order valence-corrected chi connectivity index (χ2v) is 18.5. The molecule has 4 aromatic rings. The first-order chi connectivity index (χ1) is 17.3. The molecule has 0 aromatic heterocycles. The fourth-order valence-corrected chi connectivity index (χ4v) is 16.7. The molecule has 0 spiro atoms. The van der Waals surface area contributed by atoms with E-state index < -0.39 is 15.3 Å². The summed E-state index contributed by atoms with van der Waals surface area (Å²) < 4.78 is 0. The fraction of sp³-hybridized carbons (Fsp3) is 0.273. The molecule has 0 radical (unpaired) electrons. The van der Waals surface area contributed by atoms with E-state index in [9.17, 15) is 0 Å². The highest BCUT2D eigenvalue weighted by Gasteiger charge is 2.48. The highest BCUT2D eigenvalue weighted by molar-refractivity contribution is 7.95. The quantitative estimate of drug-likeness (QED) is 0.180. The summed E-state index contributed by atoms with van der Waals surface area (Å²) in [6.45, 7) is 2.39. The highest BCUT2D eigenvalue weighted by Crippen LogP contribution is 2.58. The zero-order valence-electron chi connectivity index (χ0n) is 21.0. The lowest BCUT2D eigenvalue weighted by Gasteiger charge is -2.40. The molecule has 5 rings (SSSR count). The molecule has 0 amide bonds. The number of hydrogen-bond donors (Lipinski definition) is 0. The first-order valence-corrected chi connectivity index (χ1v) is 18.0. The van der Waals surface area contributed by atoms with Crippen LogP contribution in [0.15, 0.2) is 121 Å². The molecule has 1 aliphatic heterocycles. The standard InChI is InChI=1S/C33H38PSi/c1-2-25-35(33-21-13-6-14-22-33)26-23-29(24-27-35)28-34(30-15-7-3-8-16-30,31-17-9-4-10-18-31)32-19-11-5-12-20-32/h3-22,29H,2,23-28H2,1H3/q+1. The van der Waals surface area contributed by atoms with Gasteiger partial charge in [0.1, 0.15) is 23.2 Å². The van der Waals surface area contributed by atoms with Crippen molar-refractivity contribution in [3.63, 3.8) is 0 Å². The lowest BCUT2D eigenvalue weighted by atomic mass is 10.1. The third-order valence-corrected chi connectivity index (χ3v) is 18.4. The van der Waals surface area contributed by atoms with Crippen molar-refractivity contribution in [1.29, 1.82) is 0 Å². The average Bonchev–Trinajstić information content (AvgIpc) is 2.95. The molecule has 0 atom stereocenters. The Labute approximate surface area is 213 Å². The minimum atomic E-state index is -1.74. The minimum absolute atomic E-state index is 0.783. The Bertz CT molecular complexity index is 1070. The van der Waals surface area contributed by atoms with Gasteiger partial charge < -0.3 is 0 Å². The first kappa shape index (κ1) is 24.2. The van der Waals surface area contributed by atoms with Gasteiger partial charge >= 0.3 is 0 Å². The van der Waals surface area contributed by atoms with Crippen molar-refractivity contribution in [3.05, 3.63) is 121 Å². The van der Waals surface area contributed by atoms with Gasteiger partial charge in [0.15, 0.2) is 0 Å². The van der Waals surface area contributed by atoms with E-state index in [1.165, 1.54) is 59.5 Å². The Morgan fingerprint density at radius 1 is 0.600 bits per heavy atom. The maximum absolute atomic E-state index is 2.44. The molecule has 1 saturated heterocycles. The Balaban J connectivity index is 1.52. The third-order valence-electron chi connectivity index (χ3n) is 8.30. The Hall–Kier alpha value is -2.47.